The van der Waals surface area contributed by atoms with Crippen LogP contribution >= 0.6 is 0 Å². The van der Waals surface area contributed by atoms with E-state index in [1.165, 1.54) is 0 Å². The van der Waals surface area contributed by atoms with Gasteiger partial charge in [-0.2, -0.15) is 0 Å². The maximum absolute atomic E-state index is 12.4. The third kappa shape index (κ3) is 4.90. The van der Waals surface area contributed by atoms with E-state index in [0.717, 1.165) is 11.1 Å². The van der Waals surface area contributed by atoms with Crippen LogP contribution in [-0.4, -0.2) is 49.6 Å². The molecule has 1 saturated heterocycles. The molecule has 1 aliphatic rings. The Bertz CT molecular complexity index is 739. The first-order valence-electron chi connectivity index (χ1n) is 8.26. The summed E-state index contributed by atoms with van der Waals surface area (Å²) in [7, 11) is -3.08. The van der Waals surface area contributed by atoms with Crippen molar-refractivity contribution in [2.45, 2.75) is 33.6 Å². The summed E-state index contributed by atoms with van der Waals surface area (Å²) >= 11 is 0. The van der Waals surface area contributed by atoms with Crippen LogP contribution in [0.4, 0.5) is 0 Å². The Labute approximate surface area is 144 Å². The minimum atomic E-state index is -3.08. The highest BCUT2D eigenvalue weighted by Gasteiger charge is 2.27. The fourth-order valence-electron chi connectivity index (χ4n) is 3.06. The van der Waals surface area contributed by atoms with E-state index in [1.54, 1.807) is 4.90 Å². The number of amides is 1. The Morgan fingerprint density at radius 1 is 1.21 bits per heavy atom. The van der Waals surface area contributed by atoms with Crippen molar-refractivity contribution in [1.29, 1.82) is 0 Å². The monoisotopic (exact) mass is 351 g/mol. The minimum Gasteiger partial charge on any atom is -0.341 e. The van der Waals surface area contributed by atoms with E-state index in [0.29, 0.717) is 12.1 Å². The van der Waals surface area contributed by atoms with Gasteiger partial charge in [-0.1, -0.05) is 24.6 Å². The average Bonchev–Trinajstić information content (AvgIpc) is 2.64. The molecular formula is C18H25NO4S. The number of benzene rings is 1. The smallest absolute Gasteiger partial charge is 0.223 e. The lowest BCUT2D eigenvalue weighted by Gasteiger charge is -2.22. The van der Waals surface area contributed by atoms with Gasteiger partial charge < -0.3 is 4.90 Å². The largest absolute Gasteiger partial charge is 0.341 e. The van der Waals surface area contributed by atoms with Gasteiger partial charge in [0.1, 0.15) is 0 Å². The molecule has 0 saturated carbocycles. The molecule has 0 bridgehead atoms. The van der Waals surface area contributed by atoms with E-state index < -0.39 is 9.84 Å². The lowest BCUT2D eigenvalue weighted by Crippen LogP contribution is -2.35. The van der Waals surface area contributed by atoms with Crippen molar-refractivity contribution in [2.24, 2.45) is 5.92 Å². The summed E-state index contributed by atoms with van der Waals surface area (Å²) in [4.78, 5) is 26.3. The molecule has 1 atom stereocenters. The topological polar surface area (TPSA) is 71.5 Å². The quantitative estimate of drug-likeness (QED) is 0.779. The number of rotatable bonds is 4. The van der Waals surface area contributed by atoms with Gasteiger partial charge in [0.05, 0.1) is 11.5 Å². The van der Waals surface area contributed by atoms with Crippen LogP contribution in [0, 0.1) is 19.8 Å². The molecule has 0 aromatic heterocycles. The highest BCUT2D eigenvalue weighted by atomic mass is 32.2. The SMILES string of the molecule is Cc1ccc(C)c(C(=O)CCC(=O)N2CCS(=O)(=O)C[C@H](C)C2)c1. The normalized spacial score (nSPS) is 20.5. The molecular weight excluding hydrogens is 326 g/mol. The Morgan fingerprint density at radius 3 is 2.62 bits per heavy atom. The zero-order valence-corrected chi connectivity index (χ0v) is 15.4. The number of carbonyl (C=O) groups excluding carboxylic acids is 2. The zero-order chi connectivity index (χ0) is 17.9. The van der Waals surface area contributed by atoms with Crippen LogP contribution in [0.2, 0.25) is 0 Å². The molecule has 0 radical (unpaired) electrons. The summed E-state index contributed by atoms with van der Waals surface area (Å²) in [6.45, 7) is 6.32. The fourth-order valence-corrected chi connectivity index (χ4v) is 4.70. The molecule has 132 valence electrons. The standard InChI is InChI=1S/C18H25NO4S/c1-13-4-5-15(3)16(10-13)17(20)6-7-18(21)19-8-9-24(22,23)12-14(2)11-19/h4-5,10,14H,6-9,11-12H2,1-3H3/t14-/m1/s1. The predicted molar refractivity (Wildman–Crippen MR) is 93.9 cm³/mol. The van der Waals surface area contributed by atoms with Crippen molar-refractivity contribution < 1.29 is 18.0 Å². The van der Waals surface area contributed by atoms with Gasteiger partial charge >= 0.3 is 0 Å². The maximum atomic E-state index is 12.4. The summed E-state index contributed by atoms with van der Waals surface area (Å²) in [6, 6.07) is 5.71. The van der Waals surface area contributed by atoms with Gasteiger partial charge in [-0.3, -0.25) is 9.59 Å². The number of nitrogens with zero attached hydrogens (tertiary/aromatic N) is 1. The molecule has 2 rings (SSSR count). The van der Waals surface area contributed by atoms with E-state index in [1.807, 2.05) is 39.0 Å². The Morgan fingerprint density at radius 2 is 1.92 bits per heavy atom. The van der Waals surface area contributed by atoms with Gasteiger partial charge in [-0.25, -0.2) is 8.42 Å². The highest BCUT2D eigenvalue weighted by Crippen LogP contribution is 2.16. The number of aryl methyl sites for hydroxylation is 2. The number of ketones is 1. The Kier molecular flexibility index (Phi) is 5.80. The summed E-state index contributed by atoms with van der Waals surface area (Å²) in [5, 5.41) is 0. The molecule has 0 N–H and O–H groups in total. The number of sulfone groups is 1. The lowest BCUT2D eigenvalue weighted by atomic mass is 9.99. The van der Waals surface area contributed by atoms with Crippen molar-refractivity contribution in [2.75, 3.05) is 24.6 Å². The molecule has 1 aromatic carbocycles. The maximum Gasteiger partial charge on any atom is 0.223 e. The van der Waals surface area contributed by atoms with E-state index in [-0.39, 0.29) is 48.5 Å². The molecule has 1 heterocycles. The highest BCUT2D eigenvalue weighted by molar-refractivity contribution is 7.91. The summed E-state index contributed by atoms with van der Waals surface area (Å²) in [5.74, 6) is -0.125. The van der Waals surface area contributed by atoms with E-state index in [2.05, 4.69) is 0 Å². The van der Waals surface area contributed by atoms with Crippen molar-refractivity contribution >= 4 is 21.5 Å². The van der Waals surface area contributed by atoms with Crippen LogP contribution < -0.4 is 0 Å². The molecule has 1 fully saturated rings. The molecule has 6 heteroatoms. The summed E-state index contributed by atoms with van der Waals surface area (Å²) in [5.41, 5.74) is 2.59. The number of hydrogen-bond acceptors (Lipinski definition) is 4. The first-order valence-corrected chi connectivity index (χ1v) is 10.1. The molecule has 5 nitrogen and oxygen atoms in total. The molecule has 0 unspecified atom stereocenters. The van der Waals surface area contributed by atoms with Crippen LogP contribution in [0.15, 0.2) is 18.2 Å². The minimum absolute atomic E-state index is 0.00795. The summed E-state index contributed by atoms with van der Waals surface area (Å²) < 4.78 is 23.6. The third-order valence-electron chi connectivity index (χ3n) is 4.35. The number of hydrogen-bond donors (Lipinski definition) is 0. The second kappa shape index (κ2) is 7.47. The molecule has 1 amide bonds. The summed E-state index contributed by atoms with van der Waals surface area (Å²) in [6.07, 6.45) is 0.278. The second-order valence-corrected chi connectivity index (χ2v) is 9.03. The number of Topliss-reactive ketones (excluding diaryl/α,β-unsaturated/α-hetero) is 1. The van der Waals surface area contributed by atoms with Gasteiger partial charge in [0, 0.05) is 31.5 Å². The zero-order valence-electron chi connectivity index (χ0n) is 14.5. The van der Waals surface area contributed by atoms with Crippen LogP contribution in [0.25, 0.3) is 0 Å². The van der Waals surface area contributed by atoms with Gasteiger partial charge in [0.25, 0.3) is 0 Å². The van der Waals surface area contributed by atoms with Crippen molar-refractivity contribution in [3.63, 3.8) is 0 Å². The van der Waals surface area contributed by atoms with Gasteiger partial charge in [0.15, 0.2) is 15.6 Å². The van der Waals surface area contributed by atoms with Crippen LogP contribution in [0.5, 0.6) is 0 Å². The van der Waals surface area contributed by atoms with Crippen molar-refractivity contribution in [1.82, 2.24) is 4.90 Å². The van der Waals surface area contributed by atoms with E-state index in [9.17, 15) is 18.0 Å². The molecule has 0 aliphatic carbocycles. The molecule has 1 aliphatic heterocycles. The lowest BCUT2D eigenvalue weighted by molar-refractivity contribution is -0.131. The first-order chi connectivity index (χ1) is 11.2. The molecule has 0 spiro atoms. The van der Waals surface area contributed by atoms with Crippen molar-refractivity contribution in [3.05, 3.63) is 34.9 Å². The van der Waals surface area contributed by atoms with Crippen LogP contribution in [0.3, 0.4) is 0 Å². The fraction of sp³-hybridized carbons (Fsp3) is 0.556. The average molecular weight is 351 g/mol. The third-order valence-corrected chi connectivity index (χ3v) is 6.24. The first kappa shape index (κ1) is 18.6. The number of carbonyl (C=O) groups is 2. The predicted octanol–water partition coefficient (Wildman–Crippen LogP) is 2.16. The molecule has 1 aromatic rings. The van der Waals surface area contributed by atoms with Gasteiger partial charge in [-0.05, 0) is 31.4 Å². The Hall–Kier alpha value is -1.69. The van der Waals surface area contributed by atoms with Crippen LogP contribution in [0.1, 0.15) is 41.3 Å². The Balaban J connectivity index is 1.97. The van der Waals surface area contributed by atoms with Crippen molar-refractivity contribution in [3.8, 4) is 0 Å². The van der Waals surface area contributed by atoms with E-state index >= 15 is 0 Å². The van der Waals surface area contributed by atoms with Crippen LogP contribution in [-0.2, 0) is 14.6 Å². The second-order valence-electron chi connectivity index (χ2n) is 6.80. The van der Waals surface area contributed by atoms with Gasteiger partial charge in [0.2, 0.25) is 5.91 Å². The van der Waals surface area contributed by atoms with Gasteiger partial charge in [-0.15, -0.1) is 0 Å². The molecule has 24 heavy (non-hydrogen) atoms. The van der Waals surface area contributed by atoms with E-state index in [4.69, 9.17) is 0 Å².